The Kier molecular flexibility index (Phi) is 6.47. The van der Waals surface area contributed by atoms with Gasteiger partial charge < -0.3 is 10.1 Å². The van der Waals surface area contributed by atoms with E-state index in [1.807, 2.05) is 32.1 Å². The number of nitrogens with one attached hydrogen (secondary N) is 1. The molecular formula is C25H23BrN2O5. The number of esters is 1. The second-order valence-electron chi connectivity index (χ2n) is 8.30. The fourth-order valence-corrected chi connectivity index (χ4v) is 4.53. The number of fused-ring (bicyclic) bond motifs is 1. The molecule has 1 aliphatic carbocycles. The number of ether oxygens (including phenoxy) is 1. The lowest BCUT2D eigenvalue weighted by molar-refractivity contribution is -0.123. The highest BCUT2D eigenvalue weighted by molar-refractivity contribution is 9.10. The average Bonchev–Trinajstić information content (AvgIpc) is 3.06. The molecule has 8 heteroatoms. The van der Waals surface area contributed by atoms with Gasteiger partial charge in [-0.1, -0.05) is 35.0 Å². The predicted octanol–water partition coefficient (Wildman–Crippen LogP) is 4.25. The van der Waals surface area contributed by atoms with Gasteiger partial charge in [-0.3, -0.25) is 19.3 Å². The Bertz CT molecular complexity index is 1160. The molecule has 0 bridgehead atoms. The van der Waals surface area contributed by atoms with E-state index in [4.69, 9.17) is 4.74 Å². The van der Waals surface area contributed by atoms with E-state index in [9.17, 15) is 19.2 Å². The summed E-state index contributed by atoms with van der Waals surface area (Å²) in [4.78, 5) is 51.4. The van der Waals surface area contributed by atoms with Gasteiger partial charge in [0.15, 0.2) is 6.61 Å². The van der Waals surface area contributed by atoms with Crippen LogP contribution in [0.4, 0.5) is 11.4 Å². The summed E-state index contributed by atoms with van der Waals surface area (Å²) < 4.78 is 6.03. The third kappa shape index (κ3) is 4.61. The first-order valence-electron chi connectivity index (χ1n) is 10.6. The fraction of sp³-hybridized carbons (Fsp3) is 0.280. The van der Waals surface area contributed by atoms with Crippen molar-refractivity contribution in [1.29, 1.82) is 0 Å². The maximum Gasteiger partial charge on any atom is 0.338 e. The Labute approximate surface area is 199 Å². The summed E-state index contributed by atoms with van der Waals surface area (Å²) in [5.74, 6) is -2.23. The number of hydrogen-bond donors (Lipinski definition) is 1. The number of allylic oxidation sites excluding steroid dienone is 2. The second-order valence-corrected chi connectivity index (χ2v) is 9.16. The van der Waals surface area contributed by atoms with Crippen molar-refractivity contribution in [3.8, 4) is 0 Å². The molecule has 2 aromatic rings. The van der Waals surface area contributed by atoms with Gasteiger partial charge in [0.2, 0.25) is 11.8 Å². The Morgan fingerprint density at radius 1 is 1.12 bits per heavy atom. The largest absolute Gasteiger partial charge is 0.452 e. The first-order chi connectivity index (χ1) is 15.8. The standard InChI is InChI=1S/C25H23BrN2O5/c1-14-4-3-5-19-22(14)24(31)28(23(19)30)18-9-6-16(7-10-18)25(32)33-13-21(29)27-17-8-11-20(26)15(2)12-17/h3-4,6-12,14,19,22H,5,13H2,1-2H3,(H,27,29)/t14-,19-,22-/m1/s1. The molecule has 0 aromatic heterocycles. The minimum absolute atomic E-state index is 0.00641. The number of imide groups is 1. The van der Waals surface area contributed by atoms with E-state index in [1.54, 1.807) is 24.3 Å². The molecule has 4 rings (SSSR count). The molecular weight excluding hydrogens is 488 g/mol. The van der Waals surface area contributed by atoms with E-state index < -0.39 is 18.5 Å². The van der Waals surface area contributed by atoms with E-state index >= 15 is 0 Å². The number of carbonyl (C=O) groups is 4. The number of aryl methyl sites for hydroxylation is 1. The molecule has 0 radical (unpaired) electrons. The number of nitrogens with zero attached hydrogens (tertiary/aromatic N) is 1. The van der Waals surface area contributed by atoms with Gasteiger partial charge in [0.25, 0.3) is 5.91 Å². The van der Waals surface area contributed by atoms with Gasteiger partial charge in [-0.05, 0) is 67.3 Å². The number of anilines is 2. The van der Waals surface area contributed by atoms with Gasteiger partial charge >= 0.3 is 5.97 Å². The lowest BCUT2D eigenvalue weighted by Crippen LogP contribution is -2.31. The van der Waals surface area contributed by atoms with Gasteiger partial charge in [-0.25, -0.2) is 4.79 Å². The number of benzene rings is 2. The monoisotopic (exact) mass is 510 g/mol. The number of rotatable bonds is 5. The zero-order chi connectivity index (χ0) is 23.7. The van der Waals surface area contributed by atoms with Crippen molar-refractivity contribution in [1.82, 2.24) is 0 Å². The van der Waals surface area contributed by atoms with E-state index in [0.717, 1.165) is 10.0 Å². The third-order valence-electron chi connectivity index (χ3n) is 6.01. The maximum atomic E-state index is 12.9. The molecule has 3 atom stereocenters. The van der Waals surface area contributed by atoms with Gasteiger partial charge in [0, 0.05) is 10.2 Å². The fourth-order valence-electron chi connectivity index (χ4n) is 4.28. The van der Waals surface area contributed by atoms with Gasteiger partial charge in [0.1, 0.15) is 0 Å². The molecule has 1 N–H and O–H groups in total. The van der Waals surface area contributed by atoms with Crippen LogP contribution in [0.15, 0.2) is 59.1 Å². The van der Waals surface area contributed by atoms with Crippen LogP contribution in [0.2, 0.25) is 0 Å². The summed E-state index contributed by atoms with van der Waals surface area (Å²) in [5.41, 5.74) is 2.21. The molecule has 7 nitrogen and oxygen atoms in total. The van der Waals surface area contributed by atoms with E-state index in [-0.39, 0.29) is 35.1 Å². The number of halogens is 1. The van der Waals surface area contributed by atoms with Crippen molar-refractivity contribution in [3.63, 3.8) is 0 Å². The van der Waals surface area contributed by atoms with E-state index in [0.29, 0.717) is 17.8 Å². The first kappa shape index (κ1) is 22.9. The Morgan fingerprint density at radius 2 is 1.85 bits per heavy atom. The topological polar surface area (TPSA) is 92.8 Å². The Balaban J connectivity index is 1.36. The van der Waals surface area contributed by atoms with Crippen LogP contribution in [0, 0.1) is 24.7 Å². The first-order valence-corrected chi connectivity index (χ1v) is 11.4. The molecule has 1 fully saturated rings. The number of hydrogen-bond acceptors (Lipinski definition) is 5. The minimum atomic E-state index is -0.672. The molecule has 0 spiro atoms. The zero-order valence-corrected chi connectivity index (χ0v) is 19.8. The summed E-state index contributed by atoms with van der Waals surface area (Å²) in [6, 6.07) is 11.4. The second kappa shape index (κ2) is 9.31. The minimum Gasteiger partial charge on any atom is -0.452 e. The lowest BCUT2D eigenvalue weighted by atomic mass is 9.78. The highest BCUT2D eigenvalue weighted by Gasteiger charge is 2.50. The summed E-state index contributed by atoms with van der Waals surface area (Å²) in [6.07, 6.45) is 4.49. The number of carbonyl (C=O) groups excluding carboxylic acids is 4. The Hall–Kier alpha value is -3.26. The molecule has 170 valence electrons. The summed E-state index contributed by atoms with van der Waals surface area (Å²) in [5, 5.41) is 2.68. The highest BCUT2D eigenvalue weighted by Crippen LogP contribution is 2.40. The summed E-state index contributed by atoms with van der Waals surface area (Å²) >= 11 is 3.40. The Morgan fingerprint density at radius 3 is 2.52 bits per heavy atom. The normalized spacial score (nSPS) is 21.7. The summed E-state index contributed by atoms with van der Waals surface area (Å²) in [7, 11) is 0. The van der Waals surface area contributed by atoms with Crippen molar-refractivity contribution in [2.45, 2.75) is 20.3 Å². The van der Waals surface area contributed by atoms with Crippen molar-refractivity contribution < 1.29 is 23.9 Å². The molecule has 33 heavy (non-hydrogen) atoms. The van der Waals surface area contributed by atoms with Crippen LogP contribution in [-0.2, 0) is 19.1 Å². The molecule has 1 heterocycles. The van der Waals surface area contributed by atoms with Crippen LogP contribution in [0.25, 0.3) is 0 Å². The highest BCUT2D eigenvalue weighted by atomic mass is 79.9. The van der Waals surface area contributed by atoms with Gasteiger partial charge in [0.05, 0.1) is 23.1 Å². The van der Waals surface area contributed by atoms with Crippen LogP contribution < -0.4 is 10.2 Å². The van der Waals surface area contributed by atoms with Gasteiger partial charge in [-0.15, -0.1) is 0 Å². The molecule has 1 aliphatic heterocycles. The van der Waals surface area contributed by atoms with Crippen LogP contribution in [0.1, 0.15) is 29.3 Å². The maximum absolute atomic E-state index is 12.9. The van der Waals surface area contributed by atoms with Gasteiger partial charge in [-0.2, -0.15) is 0 Å². The molecule has 2 aliphatic rings. The molecule has 1 saturated heterocycles. The van der Waals surface area contributed by atoms with E-state index in [1.165, 1.54) is 17.0 Å². The van der Waals surface area contributed by atoms with Crippen LogP contribution in [0.3, 0.4) is 0 Å². The van der Waals surface area contributed by atoms with Crippen molar-refractivity contribution >= 4 is 51.0 Å². The third-order valence-corrected chi connectivity index (χ3v) is 6.90. The van der Waals surface area contributed by atoms with Crippen molar-refractivity contribution in [2.24, 2.45) is 17.8 Å². The van der Waals surface area contributed by atoms with E-state index in [2.05, 4.69) is 21.2 Å². The SMILES string of the molecule is Cc1cc(NC(=O)COC(=O)c2ccc(N3C(=O)[C@@H]4[C@H](C)C=CC[C@H]4C3=O)cc2)ccc1Br. The average molecular weight is 511 g/mol. The smallest absolute Gasteiger partial charge is 0.338 e. The quantitative estimate of drug-likeness (QED) is 0.368. The summed E-state index contributed by atoms with van der Waals surface area (Å²) in [6.45, 7) is 3.40. The van der Waals surface area contributed by atoms with Crippen LogP contribution in [0.5, 0.6) is 0 Å². The van der Waals surface area contributed by atoms with Crippen LogP contribution >= 0.6 is 15.9 Å². The number of amides is 3. The molecule has 0 saturated carbocycles. The molecule has 2 aromatic carbocycles. The van der Waals surface area contributed by atoms with Crippen molar-refractivity contribution in [3.05, 3.63) is 70.2 Å². The van der Waals surface area contributed by atoms with Crippen LogP contribution in [-0.4, -0.2) is 30.3 Å². The lowest BCUT2D eigenvalue weighted by Gasteiger charge is -2.22. The molecule has 3 amide bonds. The predicted molar refractivity (Wildman–Crippen MR) is 127 cm³/mol. The zero-order valence-electron chi connectivity index (χ0n) is 18.2. The molecule has 0 unspecified atom stereocenters. The van der Waals surface area contributed by atoms with Crippen molar-refractivity contribution in [2.75, 3.05) is 16.8 Å².